The molecule has 0 fully saturated rings. The Morgan fingerprint density at radius 3 is 2.43 bits per heavy atom. The highest BCUT2D eigenvalue weighted by atomic mass is 35.5. The number of carbonyl (C=O) groups is 1. The van der Waals surface area contributed by atoms with Gasteiger partial charge in [-0.1, -0.05) is 29.8 Å². The van der Waals surface area contributed by atoms with E-state index in [9.17, 15) is 13.2 Å². The SMILES string of the molecule is CCOC1(S(=O)(=O)c2ccc(Cl)cc2)C=CC=CC1NCC(=O)NC(C)(C)C. The quantitative estimate of drug-likeness (QED) is 0.700. The van der Waals surface area contributed by atoms with Gasteiger partial charge in [-0.2, -0.15) is 0 Å². The maximum Gasteiger partial charge on any atom is 0.234 e. The summed E-state index contributed by atoms with van der Waals surface area (Å²) in [7, 11) is -3.95. The second-order valence-electron chi connectivity index (χ2n) is 7.51. The molecule has 1 amide bonds. The molecule has 28 heavy (non-hydrogen) atoms. The van der Waals surface area contributed by atoms with Crippen molar-refractivity contribution in [1.29, 1.82) is 0 Å². The second kappa shape index (κ2) is 8.78. The summed E-state index contributed by atoms with van der Waals surface area (Å²) in [4.78, 5) is 10.6. The Labute approximate surface area is 171 Å². The number of allylic oxidation sites excluding steroid dienone is 2. The number of sulfone groups is 1. The third-order valence-corrected chi connectivity index (χ3v) is 6.58. The number of nitrogens with one attached hydrogen (secondary N) is 2. The normalized spacial score (nSPS) is 22.2. The average molecular weight is 427 g/mol. The number of rotatable bonds is 7. The zero-order chi connectivity index (χ0) is 21.0. The van der Waals surface area contributed by atoms with Crippen LogP contribution in [0.1, 0.15) is 27.7 Å². The van der Waals surface area contributed by atoms with Crippen LogP contribution in [0.25, 0.3) is 0 Å². The highest BCUT2D eigenvalue weighted by molar-refractivity contribution is 7.93. The molecule has 2 atom stereocenters. The summed E-state index contributed by atoms with van der Waals surface area (Å²) >= 11 is 5.90. The van der Waals surface area contributed by atoms with E-state index in [-0.39, 0.29) is 29.5 Å². The molecular formula is C20H27ClN2O4S. The molecule has 0 saturated carbocycles. The third-order valence-electron chi connectivity index (χ3n) is 4.09. The van der Waals surface area contributed by atoms with Crippen molar-refractivity contribution in [1.82, 2.24) is 10.6 Å². The Morgan fingerprint density at radius 2 is 1.86 bits per heavy atom. The zero-order valence-electron chi connectivity index (χ0n) is 16.5. The molecule has 8 heteroatoms. The monoisotopic (exact) mass is 426 g/mol. The number of hydrogen-bond acceptors (Lipinski definition) is 5. The van der Waals surface area contributed by atoms with Gasteiger partial charge in [0, 0.05) is 17.2 Å². The molecule has 0 saturated heterocycles. The first kappa shape index (κ1) is 22.6. The summed E-state index contributed by atoms with van der Waals surface area (Å²) in [5.41, 5.74) is -0.381. The van der Waals surface area contributed by atoms with Crippen LogP contribution >= 0.6 is 11.6 Å². The van der Waals surface area contributed by atoms with Gasteiger partial charge in [0.15, 0.2) is 0 Å². The van der Waals surface area contributed by atoms with Crippen LogP contribution < -0.4 is 10.6 Å². The van der Waals surface area contributed by atoms with E-state index in [2.05, 4.69) is 10.6 Å². The Bertz CT molecular complexity index is 857. The van der Waals surface area contributed by atoms with Gasteiger partial charge in [0.1, 0.15) is 0 Å². The maximum atomic E-state index is 13.5. The highest BCUT2D eigenvalue weighted by Crippen LogP contribution is 2.35. The molecule has 6 nitrogen and oxygen atoms in total. The average Bonchev–Trinajstić information content (AvgIpc) is 2.60. The second-order valence-corrected chi connectivity index (χ2v) is 10.1. The van der Waals surface area contributed by atoms with Gasteiger partial charge < -0.3 is 10.1 Å². The van der Waals surface area contributed by atoms with Crippen molar-refractivity contribution >= 4 is 27.3 Å². The lowest BCUT2D eigenvalue weighted by atomic mass is 10.0. The Kier molecular flexibility index (Phi) is 7.09. The van der Waals surface area contributed by atoms with E-state index in [0.29, 0.717) is 5.02 Å². The van der Waals surface area contributed by atoms with Crippen molar-refractivity contribution in [3.63, 3.8) is 0 Å². The topological polar surface area (TPSA) is 84.5 Å². The van der Waals surface area contributed by atoms with E-state index in [4.69, 9.17) is 16.3 Å². The lowest BCUT2D eigenvalue weighted by Gasteiger charge is -2.38. The lowest BCUT2D eigenvalue weighted by Crippen LogP contribution is -2.58. The van der Waals surface area contributed by atoms with Crippen molar-refractivity contribution < 1.29 is 17.9 Å². The van der Waals surface area contributed by atoms with Crippen LogP contribution in [0.2, 0.25) is 5.02 Å². The van der Waals surface area contributed by atoms with E-state index >= 15 is 0 Å². The fourth-order valence-electron chi connectivity index (χ4n) is 2.97. The minimum atomic E-state index is -3.95. The Hall–Kier alpha value is -1.67. The number of halogens is 1. The fourth-order valence-corrected chi connectivity index (χ4v) is 4.99. The van der Waals surface area contributed by atoms with Gasteiger partial charge in [-0.25, -0.2) is 8.42 Å². The number of ether oxygens (including phenoxy) is 1. The summed E-state index contributed by atoms with van der Waals surface area (Å²) < 4.78 is 32.8. The molecule has 2 unspecified atom stereocenters. The van der Waals surface area contributed by atoms with Gasteiger partial charge >= 0.3 is 0 Å². The minimum absolute atomic E-state index is 0.0505. The number of benzene rings is 1. The zero-order valence-corrected chi connectivity index (χ0v) is 18.1. The molecule has 0 aromatic heterocycles. The van der Waals surface area contributed by atoms with Crippen LogP contribution in [0.5, 0.6) is 0 Å². The summed E-state index contributed by atoms with van der Waals surface area (Å²) in [6.45, 7) is 7.49. The first-order chi connectivity index (χ1) is 13.0. The van der Waals surface area contributed by atoms with Crippen molar-refractivity contribution in [3.05, 3.63) is 53.6 Å². The highest BCUT2D eigenvalue weighted by Gasteiger charge is 2.50. The standard InChI is InChI=1S/C20H27ClN2O4S/c1-5-27-20(28(25,26)16-11-9-15(21)10-12-16)13-7-6-8-17(20)22-14-18(24)23-19(2,3)4/h6-13,17,22H,5,14H2,1-4H3,(H,23,24). The molecule has 0 bridgehead atoms. The molecule has 1 aliphatic rings. The third kappa shape index (κ3) is 5.03. The minimum Gasteiger partial charge on any atom is -0.354 e. The van der Waals surface area contributed by atoms with Gasteiger partial charge in [0.2, 0.25) is 20.7 Å². The maximum absolute atomic E-state index is 13.5. The summed E-state index contributed by atoms with van der Waals surface area (Å²) in [5, 5.41) is 6.31. The van der Waals surface area contributed by atoms with Crippen molar-refractivity contribution in [2.24, 2.45) is 0 Å². The molecule has 1 aromatic carbocycles. The molecule has 0 aliphatic heterocycles. The van der Waals surface area contributed by atoms with Crippen LogP contribution in [0.4, 0.5) is 0 Å². The molecule has 154 valence electrons. The molecular weight excluding hydrogens is 400 g/mol. The van der Waals surface area contributed by atoms with E-state index in [1.165, 1.54) is 30.3 Å². The van der Waals surface area contributed by atoms with Crippen LogP contribution in [-0.4, -0.2) is 44.0 Å². The summed E-state index contributed by atoms with van der Waals surface area (Å²) in [6, 6.07) is 5.21. The number of amides is 1. The van der Waals surface area contributed by atoms with E-state index in [1.54, 1.807) is 25.2 Å². The molecule has 0 heterocycles. The Balaban J connectivity index is 2.36. The molecule has 0 spiro atoms. The van der Waals surface area contributed by atoms with Gasteiger partial charge in [0.25, 0.3) is 0 Å². The van der Waals surface area contributed by atoms with Gasteiger partial charge in [-0.15, -0.1) is 0 Å². The van der Waals surface area contributed by atoms with Crippen LogP contribution in [-0.2, 0) is 19.4 Å². The van der Waals surface area contributed by atoms with Crippen molar-refractivity contribution in [2.45, 2.75) is 49.1 Å². The lowest BCUT2D eigenvalue weighted by molar-refractivity contribution is -0.121. The molecule has 1 aliphatic carbocycles. The van der Waals surface area contributed by atoms with E-state index in [0.717, 1.165) is 0 Å². The smallest absolute Gasteiger partial charge is 0.234 e. The van der Waals surface area contributed by atoms with Gasteiger partial charge in [0.05, 0.1) is 17.5 Å². The van der Waals surface area contributed by atoms with Crippen LogP contribution in [0, 0.1) is 0 Å². The first-order valence-corrected chi connectivity index (χ1v) is 10.9. The number of hydrogen-bond donors (Lipinski definition) is 2. The van der Waals surface area contributed by atoms with Crippen LogP contribution in [0.3, 0.4) is 0 Å². The predicted molar refractivity (Wildman–Crippen MR) is 111 cm³/mol. The molecule has 1 aromatic rings. The fraction of sp³-hybridized carbons (Fsp3) is 0.450. The molecule has 2 rings (SSSR count). The first-order valence-electron chi connectivity index (χ1n) is 9.06. The van der Waals surface area contributed by atoms with Crippen LogP contribution in [0.15, 0.2) is 53.5 Å². The van der Waals surface area contributed by atoms with E-state index in [1.807, 2.05) is 20.8 Å². The predicted octanol–water partition coefficient (Wildman–Crippen LogP) is 2.85. The number of carbonyl (C=O) groups excluding carboxylic acids is 1. The van der Waals surface area contributed by atoms with Gasteiger partial charge in [-0.05, 0) is 58.0 Å². The van der Waals surface area contributed by atoms with E-state index < -0.39 is 20.8 Å². The van der Waals surface area contributed by atoms with Gasteiger partial charge in [-0.3, -0.25) is 10.1 Å². The molecule has 0 radical (unpaired) electrons. The van der Waals surface area contributed by atoms with Crippen molar-refractivity contribution in [2.75, 3.05) is 13.2 Å². The Morgan fingerprint density at radius 1 is 1.21 bits per heavy atom. The largest absolute Gasteiger partial charge is 0.354 e. The molecule has 2 N–H and O–H groups in total. The van der Waals surface area contributed by atoms with Crippen molar-refractivity contribution in [3.8, 4) is 0 Å². The summed E-state index contributed by atoms with van der Waals surface area (Å²) in [6.07, 6.45) is 6.57. The summed E-state index contributed by atoms with van der Waals surface area (Å²) in [5.74, 6) is -0.232.